The second kappa shape index (κ2) is 8.23. The molecule has 0 bridgehead atoms. The van der Waals surface area contributed by atoms with E-state index in [0.717, 1.165) is 0 Å². The van der Waals surface area contributed by atoms with Crippen LogP contribution in [0.3, 0.4) is 0 Å². The molecule has 2 aromatic carbocycles. The maximum Gasteiger partial charge on any atom is 0.513 e. The fraction of sp³-hybridized carbons (Fsp3) is 0.333. The Balaban J connectivity index is 2.62. The van der Waals surface area contributed by atoms with E-state index in [-0.39, 0.29) is 30.5 Å². The molecular formula is C18H20O7. The molecule has 0 saturated heterocycles. The van der Waals surface area contributed by atoms with Crippen LogP contribution in [-0.4, -0.2) is 32.6 Å². The number of carbonyl (C=O) groups is 2. The van der Waals surface area contributed by atoms with Crippen molar-refractivity contribution in [1.82, 2.24) is 0 Å². The van der Waals surface area contributed by atoms with Gasteiger partial charge in [0.25, 0.3) is 0 Å². The van der Waals surface area contributed by atoms with Gasteiger partial charge in [0, 0.05) is 16.3 Å². The molecule has 0 aliphatic rings. The highest BCUT2D eigenvalue weighted by atomic mass is 16.7. The average molecular weight is 348 g/mol. The zero-order valence-corrected chi connectivity index (χ0v) is 14.6. The number of fused-ring (bicyclic) bond motifs is 1. The minimum absolute atomic E-state index is 0.183. The first-order valence-corrected chi connectivity index (χ1v) is 7.81. The summed E-state index contributed by atoms with van der Waals surface area (Å²) in [5.74, 6) is 0.749. The molecular weight excluding hydrogens is 328 g/mol. The molecule has 0 atom stereocenters. The smallest absolute Gasteiger partial charge is 0.492 e. The summed E-state index contributed by atoms with van der Waals surface area (Å²) in [6, 6.07) is 7.02. The molecule has 7 heteroatoms. The average Bonchev–Trinajstić information content (AvgIpc) is 2.59. The van der Waals surface area contributed by atoms with Gasteiger partial charge in [0.2, 0.25) is 0 Å². The molecule has 0 aliphatic carbocycles. The van der Waals surface area contributed by atoms with E-state index in [0.29, 0.717) is 16.3 Å². The van der Waals surface area contributed by atoms with Crippen molar-refractivity contribution < 1.29 is 33.3 Å². The minimum Gasteiger partial charge on any atom is -0.492 e. The van der Waals surface area contributed by atoms with Crippen LogP contribution in [0, 0.1) is 6.92 Å². The van der Waals surface area contributed by atoms with Crippen LogP contribution in [0.1, 0.15) is 19.4 Å². The summed E-state index contributed by atoms with van der Waals surface area (Å²) in [6.07, 6.45) is -1.67. The number of methoxy groups -OCH3 is 1. The highest BCUT2D eigenvalue weighted by Crippen LogP contribution is 2.45. The van der Waals surface area contributed by atoms with E-state index in [1.165, 1.54) is 7.11 Å². The van der Waals surface area contributed by atoms with Gasteiger partial charge in [-0.3, -0.25) is 0 Å². The predicted octanol–water partition coefficient (Wildman–Crippen LogP) is 4.23. The third-order valence-corrected chi connectivity index (χ3v) is 3.40. The molecule has 2 rings (SSSR count). The molecule has 0 radical (unpaired) electrons. The molecule has 2 aromatic rings. The number of rotatable bonds is 5. The number of benzene rings is 2. The Kier molecular flexibility index (Phi) is 6.05. The lowest BCUT2D eigenvalue weighted by Gasteiger charge is -2.18. The van der Waals surface area contributed by atoms with E-state index in [1.807, 2.05) is 0 Å². The van der Waals surface area contributed by atoms with E-state index in [9.17, 15) is 9.59 Å². The minimum atomic E-state index is -0.843. The van der Waals surface area contributed by atoms with E-state index in [1.54, 1.807) is 45.0 Å². The topological polar surface area (TPSA) is 80.3 Å². The Morgan fingerprint density at radius 2 is 1.32 bits per heavy atom. The van der Waals surface area contributed by atoms with Crippen molar-refractivity contribution in [2.45, 2.75) is 20.8 Å². The third-order valence-electron chi connectivity index (χ3n) is 3.40. The second-order valence-electron chi connectivity index (χ2n) is 4.93. The maximum atomic E-state index is 11.8. The number of carbonyl (C=O) groups excluding carboxylic acids is 2. The SMILES string of the molecule is CCOC(=O)Oc1c(C)c(OC)c(OC(=O)OCC)c2ccccc12. The molecule has 0 aliphatic heterocycles. The summed E-state index contributed by atoms with van der Waals surface area (Å²) in [6.45, 7) is 5.43. The van der Waals surface area contributed by atoms with Gasteiger partial charge >= 0.3 is 12.3 Å². The number of hydrogen-bond donors (Lipinski definition) is 0. The van der Waals surface area contributed by atoms with Crippen molar-refractivity contribution in [1.29, 1.82) is 0 Å². The fourth-order valence-electron chi connectivity index (χ4n) is 2.42. The first-order valence-electron chi connectivity index (χ1n) is 7.81. The van der Waals surface area contributed by atoms with Crippen LogP contribution in [-0.2, 0) is 9.47 Å². The summed E-state index contributed by atoms with van der Waals surface area (Å²) in [4.78, 5) is 23.5. The fourth-order valence-corrected chi connectivity index (χ4v) is 2.42. The Hall–Kier alpha value is -2.96. The predicted molar refractivity (Wildman–Crippen MR) is 90.5 cm³/mol. The zero-order chi connectivity index (χ0) is 18.4. The lowest BCUT2D eigenvalue weighted by molar-refractivity contribution is 0.101. The van der Waals surface area contributed by atoms with Gasteiger partial charge in [0.05, 0.1) is 20.3 Å². The summed E-state index contributed by atoms with van der Waals surface area (Å²) < 4.78 is 25.7. The van der Waals surface area contributed by atoms with Crippen LogP contribution in [0.2, 0.25) is 0 Å². The van der Waals surface area contributed by atoms with E-state index < -0.39 is 12.3 Å². The Bertz CT molecular complexity index is 783. The summed E-state index contributed by atoms with van der Waals surface area (Å²) in [5.41, 5.74) is 0.494. The molecule has 7 nitrogen and oxygen atoms in total. The number of hydrogen-bond acceptors (Lipinski definition) is 7. The molecule has 0 aromatic heterocycles. The van der Waals surface area contributed by atoms with Gasteiger partial charge in [0.1, 0.15) is 5.75 Å². The van der Waals surface area contributed by atoms with Crippen LogP contribution >= 0.6 is 0 Å². The van der Waals surface area contributed by atoms with Gasteiger partial charge < -0.3 is 23.7 Å². The Labute approximate surface area is 145 Å². The van der Waals surface area contributed by atoms with Crippen LogP contribution in [0.15, 0.2) is 24.3 Å². The zero-order valence-electron chi connectivity index (χ0n) is 14.6. The van der Waals surface area contributed by atoms with Crippen molar-refractivity contribution >= 4 is 23.1 Å². The monoisotopic (exact) mass is 348 g/mol. The molecule has 134 valence electrons. The van der Waals surface area contributed by atoms with Crippen molar-refractivity contribution in [2.24, 2.45) is 0 Å². The Morgan fingerprint density at radius 1 is 0.840 bits per heavy atom. The quantitative estimate of drug-likeness (QED) is 0.591. The Morgan fingerprint density at radius 3 is 1.80 bits per heavy atom. The van der Waals surface area contributed by atoms with E-state index in [2.05, 4.69) is 0 Å². The maximum absolute atomic E-state index is 11.8. The molecule has 0 fully saturated rings. The summed E-state index contributed by atoms with van der Waals surface area (Å²) in [7, 11) is 1.43. The molecule has 0 amide bonds. The number of ether oxygens (including phenoxy) is 5. The van der Waals surface area contributed by atoms with Gasteiger partial charge in [-0.25, -0.2) is 9.59 Å². The van der Waals surface area contributed by atoms with E-state index >= 15 is 0 Å². The second-order valence-corrected chi connectivity index (χ2v) is 4.93. The van der Waals surface area contributed by atoms with Crippen molar-refractivity contribution in [3.8, 4) is 17.2 Å². The van der Waals surface area contributed by atoms with Gasteiger partial charge in [-0.15, -0.1) is 0 Å². The third kappa shape index (κ3) is 3.93. The highest BCUT2D eigenvalue weighted by molar-refractivity contribution is 5.99. The van der Waals surface area contributed by atoms with Gasteiger partial charge in [-0.05, 0) is 20.8 Å². The molecule has 0 saturated carbocycles. The lowest BCUT2D eigenvalue weighted by Crippen LogP contribution is -2.14. The van der Waals surface area contributed by atoms with E-state index in [4.69, 9.17) is 23.7 Å². The first-order chi connectivity index (χ1) is 12.0. The molecule has 0 spiro atoms. The summed E-state index contributed by atoms with van der Waals surface area (Å²) >= 11 is 0. The first kappa shape index (κ1) is 18.4. The summed E-state index contributed by atoms with van der Waals surface area (Å²) in [5, 5.41) is 1.12. The van der Waals surface area contributed by atoms with Crippen LogP contribution in [0.4, 0.5) is 9.59 Å². The largest absolute Gasteiger partial charge is 0.513 e. The molecule has 0 heterocycles. The van der Waals surface area contributed by atoms with Crippen molar-refractivity contribution in [2.75, 3.05) is 20.3 Å². The highest BCUT2D eigenvalue weighted by Gasteiger charge is 2.24. The molecule has 0 unspecified atom stereocenters. The standard InChI is InChI=1S/C18H20O7/c1-5-22-17(19)24-14-11(3)15(21-4)16(25-18(20)23-6-2)13-10-8-7-9-12(13)14/h7-10H,5-6H2,1-4H3. The van der Waals surface area contributed by atoms with Crippen LogP contribution in [0.25, 0.3) is 10.8 Å². The molecule has 0 N–H and O–H groups in total. The molecule has 25 heavy (non-hydrogen) atoms. The van der Waals surface area contributed by atoms with Crippen molar-refractivity contribution in [3.05, 3.63) is 29.8 Å². The van der Waals surface area contributed by atoms with Gasteiger partial charge in [-0.2, -0.15) is 0 Å². The van der Waals surface area contributed by atoms with Gasteiger partial charge in [-0.1, -0.05) is 24.3 Å². The van der Waals surface area contributed by atoms with Crippen LogP contribution < -0.4 is 14.2 Å². The van der Waals surface area contributed by atoms with Crippen LogP contribution in [0.5, 0.6) is 17.2 Å². The lowest BCUT2D eigenvalue weighted by atomic mass is 10.0. The van der Waals surface area contributed by atoms with Crippen molar-refractivity contribution in [3.63, 3.8) is 0 Å². The normalized spacial score (nSPS) is 10.2. The van der Waals surface area contributed by atoms with Gasteiger partial charge in [0.15, 0.2) is 11.5 Å².